The lowest BCUT2D eigenvalue weighted by molar-refractivity contribution is -0.153. The number of ether oxygens (including phenoxy) is 3. The van der Waals surface area contributed by atoms with E-state index in [1.807, 2.05) is 41.0 Å². The van der Waals surface area contributed by atoms with Gasteiger partial charge < -0.3 is 18.8 Å². The zero-order chi connectivity index (χ0) is 23.5. The maximum absolute atomic E-state index is 13.8. The van der Waals surface area contributed by atoms with Crippen LogP contribution >= 0.6 is 0 Å². The lowest BCUT2D eigenvalue weighted by Crippen LogP contribution is -2.50. The Morgan fingerprint density at radius 3 is 2.55 bits per heavy atom. The zero-order valence-electron chi connectivity index (χ0n) is 19.4. The number of anilines is 1. The van der Waals surface area contributed by atoms with Crippen molar-refractivity contribution in [1.82, 2.24) is 9.55 Å². The van der Waals surface area contributed by atoms with Crippen molar-refractivity contribution in [2.24, 2.45) is 5.92 Å². The number of imidazole rings is 1. The average Bonchev–Trinajstić information content (AvgIpc) is 3.21. The first kappa shape index (κ1) is 22.6. The first-order valence-corrected chi connectivity index (χ1v) is 11.2. The van der Waals surface area contributed by atoms with E-state index in [2.05, 4.69) is 6.92 Å². The lowest BCUT2D eigenvalue weighted by Gasteiger charge is -2.38. The van der Waals surface area contributed by atoms with E-state index in [1.54, 1.807) is 32.1 Å². The van der Waals surface area contributed by atoms with Crippen LogP contribution in [0.15, 0.2) is 42.5 Å². The Hall–Kier alpha value is -3.55. The van der Waals surface area contributed by atoms with Crippen molar-refractivity contribution >= 4 is 28.9 Å². The van der Waals surface area contributed by atoms with Crippen LogP contribution in [0.5, 0.6) is 11.5 Å². The number of benzene rings is 2. The molecule has 0 N–H and O–H groups in total. The van der Waals surface area contributed by atoms with Gasteiger partial charge in [0.1, 0.15) is 0 Å². The van der Waals surface area contributed by atoms with E-state index in [1.165, 1.54) is 0 Å². The monoisotopic (exact) mass is 451 g/mol. The molecule has 2 heterocycles. The molecule has 3 aromatic rings. The summed E-state index contributed by atoms with van der Waals surface area (Å²) in [6.45, 7) is 4.44. The molecule has 2 atom stereocenters. The van der Waals surface area contributed by atoms with Gasteiger partial charge in [-0.2, -0.15) is 0 Å². The lowest BCUT2D eigenvalue weighted by atomic mass is 9.88. The Kier molecular flexibility index (Phi) is 6.53. The van der Waals surface area contributed by atoms with Crippen LogP contribution in [-0.2, 0) is 14.3 Å². The third-order valence-electron chi connectivity index (χ3n) is 5.97. The number of aromatic nitrogens is 2. The number of carbonyl (C=O) groups is 2. The summed E-state index contributed by atoms with van der Waals surface area (Å²) < 4.78 is 18.6. The van der Waals surface area contributed by atoms with Gasteiger partial charge in [-0.3, -0.25) is 14.5 Å². The first-order chi connectivity index (χ1) is 16.1. The van der Waals surface area contributed by atoms with E-state index < -0.39 is 17.9 Å². The Bertz CT molecular complexity index is 1170. The van der Waals surface area contributed by atoms with E-state index in [-0.39, 0.29) is 12.5 Å². The number of unbranched alkanes of at least 4 members (excludes halogenated alkanes) is 1. The third kappa shape index (κ3) is 3.79. The second kappa shape index (κ2) is 9.52. The maximum atomic E-state index is 13.8. The molecular formula is C25H29N3O5. The summed E-state index contributed by atoms with van der Waals surface area (Å²) in [5.41, 5.74) is 2.23. The fourth-order valence-electron chi connectivity index (χ4n) is 4.50. The number of hydrogen-bond donors (Lipinski definition) is 0. The minimum absolute atomic E-state index is 0.178. The van der Waals surface area contributed by atoms with Crippen molar-refractivity contribution < 1.29 is 23.8 Å². The standard InChI is InChI=1S/C25H29N3O5/c1-5-7-15-27-23(29)20(24(30)33-6-2)21(16-11-10-14-19(31-3)22(16)32-4)28-18-13-9-8-12-17(18)26-25(27)28/h8-14,20-21H,5-7,15H2,1-4H3/t20-,21-/m1/s1. The number of amides is 1. The van der Waals surface area contributed by atoms with Crippen molar-refractivity contribution in [3.63, 3.8) is 0 Å². The molecule has 174 valence electrons. The fraction of sp³-hybridized carbons (Fsp3) is 0.400. The van der Waals surface area contributed by atoms with Crippen molar-refractivity contribution in [3.8, 4) is 11.5 Å². The SMILES string of the molecule is CCCCN1C(=O)[C@H](C(=O)OCC)[C@@H](c2cccc(OC)c2OC)n2c1nc1ccccc12. The molecule has 33 heavy (non-hydrogen) atoms. The molecular weight excluding hydrogens is 422 g/mol. The van der Waals surface area contributed by atoms with Crippen LogP contribution in [0.1, 0.15) is 38.3 Å². The smallest absolute Gasteiger partial charge is 0.321 e. The molecule has 2 aromatic carbocycles. The molecule has 0 saturated carbocycles. The van der Waals surface area contributed by atoms with E-state index in [9.17, 15) is 9.59 Å². The van der Waals surface area contributed by atoms with Crippen LogP contribution in [0.25, 0.3) is 11.0 Å². The molecule has 1 aliphatic heterocycles. The fourth-order valence-corrected chi connectivity index (χ4v) is 4.50. The molecule has 8 nitrogen and oxygen atoms in total. The van der Waals surface area contributed by atoms with E-state index in [4.69, 9.17) is 19.2 Å². The summed E-state index contributed by atoms with van der Waals surface area (Å²) in [6, 6.07) is 12.4. The van der Waals surface area contributed by atoms with Gasteiger partial charge in [0, 0.05) is 12.1 Å². The number of fused-ring (bicyclic) bond motifs is 3. The number of hydrogen-bond acceptors (Lipinski definition) is 6. The second-order valence-electron chi connectivity index (χ2n) is 7.87. The van der Waals surface area contributed by atoms with Gasteiger partial charge in [0.05, 0.1) is 37.9 Å². The van der Waals surface area contributed by atoms with Gasteiger partial charge in [0.2, 0.25) is 11.9 Å². The van der Waals surface area contributed by atoms with Gasteiger partial charge in [-0.1, -0.05) is 37.6 Å². The highest BCUT2D eigenvalue weighted by Crippen LogP contribution is 2.46. The molecule has 1 aliphatic rings. The molecule has 1 aromatic heterocycles. The van der Waals surface area contributed by atoms with Crippen LogP contribution < -0.4 is 14.4 Å². The van der Waals surface area contributed by atoms with Crippen molar-refractivity contribution in [1.29, 1.82) is 0 Å². The van der Waals surface area contributed by atoms with Crippen molar-refractivity contribution in [3.05, 3.63) is 48.0 Å². The van der Waals surface area contributed by atoms with E-state index in [0.29, 0.717) is 29.6 Å². The topological polar surface area (TPSA) is 82.9 Å². The summed E-state index contributed by atoms with van der Waals surface area (Å²) >= 11 is 0. The van der Waals surface area contributed by atoms with Crippen LogP contribution in [0.2, 0.25) is 0 Å². The van der Waals surface area contributed by atoms with E-state index >= 15 is 0 Å². The summed E-state index contributed by atoms with van der Waals surface area (Å²) in [4.78, 5) is 33.5. The molecule has 0 bridgehead atoms. The summed E-state index contributed by atoms with van der Waals surface area (Å²) in [5, 5.41) is 0. The number of rotatable bonds is 8. The zero-order valence-corrected chi connectivity index (χ0v) is 19.4. The molecule has 0 unspecified atom stereocenters. The van der Waals surface area contributed by atoms with E-state index in [0.717, 1.165) is 23.9 Å². The minimum Gasteiger partial charge on any atom is -0.493 e. The number of methoxy groups -OCH3 is 2. The number of para-hydroxylation sites is 3. The predicted octanol–water partition coefficient (Wildman–Crippen LogP) is 3.97. The van der Waals surface area contributed by atoms with Crippen LogP contribution in [0.3, 0.4) is 0 Å². The van der Waals surface area contributed by atoms with Crippen molar-refractivity contribution in [2.75, 3.05) is 32.3 Å². The molecule has 0 fully saturated rings. The number of carbonyl (C=O) groups excluding carboxylic acids is 2. The second-order valence-corrected chi connectivity index (χ2v) is 7.87. The highest BCUT2D eigenvalue weighted by Gasteiger charge is 2.48. The Labute approximate surface area is 193 Å². The summed E-state index contributed by atoms with van der Waals surface area (Å²) in [5.74, 6) is -0.470. The summed E-state index contributed by atoms with van der Waals surface area (Å²) in [6.07, 6.45) is 1.69. The molecule has 0 saturated heterocycles. The van der Waals surface area contributed by atoms with Crippen molar-refractivity contribution in [2.45, 2.75) is 32.7 Å². The first-order valence-electron chi connectivity index (χ1n) is 11.2. The molecule has 8 heteroatoms. The van der Waals surface area contributed by atoms with Crippen LogP contribution in [0.4, 0.5) is 5.95 Å². The average molecular weight is 452 g/mol. The van der Waals surface area contributed by atoms with Gasteiger partial charge in [0.25, 0.3) is 0 Å². The highest BCUT2D eigenvalue weighted by molar-refractivity contribution is 6.08. The minimum atomic E-state index is -1.09. The molecule has 0 aliphatic carbocycles. The van der Waals surface area contributed by atoms with Gasteiger partial charge in [0.15, 0.2) is 17.4 Å². The normalized spacial score (nSPS) is 17.7. The molecule has 4 rings (SSSR count). The molecule has 0 radical (unpaired) electrons. The molecule has 0 spiro atoms. The van der Waals surface area contributed by atoms with Crippen LogP contribution in [-0.4, -0.2) is 48.8 Å². The highest BCUT2D eigenvalue weighted by atomic mass is 16.5. The Morgan fingerprint density at radius 1 is 1.06 bits per heavy atom. The number of esters is 1. The van der Waals surface area contributed by atoms with Gasteiger partial charge in [-0.25, -0.2) is 4.98 Å². The largest absolute Gasteiger partial charge is 0.493 e. The predicted molar refractivity (Wildman–Crippen MR) is 125 cm³/mol. The Balaban J connectivity index is 2.03. The maximum Gasteiger partial charge on any atom is 0.321 e. The molecule has 1 amide bonds. The van der Waals surface area contributed by atoms with Crippen LogP contribution in [0, 0.1) is 5.92 Å². The quantitative estimate of drug-likeness (QED) is 0.381. The number of nitrogens with zero attached hydrogens (tertiary/aromatic N) is 3. The van der Waals surface area contributed by atoms with Gasteiger partial charge in [-0.15, -0.1) is 0 Å². The van der Waals surface area contributed by atoms with Gasteiger partial charge >= 0.3 is 5.97 Å². The Morgan fingerprint density at radius 2 is 1.85 bits per heavy atom. The van der Waals surface area contributed by atoms with Gasteiger partial charge in [-0.05, 0) is 31.5 Å². The third-order valence-corrected chi connectivity index (χ3v) is 5.97. The summed E-state index contributed by atoms with van der Waals surface area (Å²) in [7, 11) is 3.10.